The van der Waals surface area contributed by atoms with Gasteiger partial charge in [-0.25, -0.2) is 4.79 Å². The number of ether oxygens (including phenoxy) is 2. The predicted molar refractivity (Wildman–Crippen MR) is 52.7 cm³/mol. The molecule has 0 amide bonds. The van der Waals surface area contributed by atoms with Crippen molar-refractivity contribution in [3.63, 3.8) is 0 Å². The number of rotatable bonds is 5. The van der Waals surface area contributed by atoms with Crippen molar-refractivity contribution < 1.29 is 14.3 Å². The summed E-state index contributed by atoms with van der Waals surface area (Å²) in [5.41, 5.74) is 5.49. The SMILES string of the molecule is CCOC(=O)C(C)OC1CC(CN)C1. The first-order valence-corrected chi connectivity index (χ1v) is 5.19. The Labute approximate surface area is 84.7 Å². The van der Waals surface area contributed by atoms with Gasteiger partial charge in [-0.1, -0.05) is 0 Å². The molecular weight excluding hydrogens is 182 g/mol. The van der Waals surface area contributed by atoms with Crippen molar-refractivity contribution in [2.45, 2.75) is 38.9 Å². The Hall–Kier alpha value is -0.610. The molecule has 1 rings (SSSR count). The van der Waals surface area contributed by atoms with Gasteiger partial charge in [0, 0.05) is 0 Å². The fourth-order valence-corrected chi connectivity index (χ4v) is 1.58. The number of hydrogen-bond acceptors (Lipinski definition) is 4. The molecule has 0 bridgehead atoms. The number of nitrogens with two attached hydrogens (primary N) is 1. The third-order valence-electron chi connectivity index (χ3n) is 2.54. The van der Waals surface area contributed by atoms with Gasteiger partial charge in [-0.3, -0.25) is 0 Å². The van der Waals surface area contributed by atoms with Crippen LogP contribution in [0.15, 0.2) is 0 Å². The number of esters is 1. The zero-order valence-corrected chi connectivity index (χ0v) is 8.86. The highest BCUT2D eigenvalue weighted by Gasteiger charge is 2.31. The molecule has 0 aromatic heterocycles. The molecule has 0 radical (unpaired) electrons. The summed E-state index contributed by atoms with van der Waals surface area (Å²) in [5.74, 6) is 0.304. The van der Waals surface area contributed by atoms with E-state index in [1.54, 1.807) is 13.8 Å². The fourth-order valence-electron chi connectivity index (χ4n) is 1.58. The first-order valence-electron chi connectivity index (χ1n) is 5.19. The van der Waals surface area contributed by atoms with Crippen LogP contribution in [0.25, 0.3) is 0 Å². The molecule has 0 aromatic carbocycles. The van der Waals surface area contributed by atoms with Crippen LogP contribution in [0.1, 0.15) is 26.7 Å². The highest BCUT2D eigenvalue weighted by Crippen LogP contribution is 2.29. The van der Waals surface area contributed by atoms with Crippen molar-refractivity contribution in [3.05, 3.63) is 0 Å². The molecule has 14 heavy (non-hydrogen) atoms. The van der Waals surface area contributed by atoms with Crippen LogP contribution >= 0.6 is 0 Å². The predicted octanol–water partition coefficient (Wildman–Crippen LogP) is 0.692. The van der Waals surface area contributed by atoms with E-state index in [0.29, 0.717) is 19.1 Å². The molecule has 4 nitrogen and oxygen atoms in total. The number of carbonyl (C=O) groups is 1. The van der Waals surface area contributed by atoms with Crippen LogP contribution in [-0.4, -0.2) is 31.3 Å². The van der Waals surface area contributed by atoms with Crippen molar-refractivity contribution in [2.24, 2.45) is 11.7 Å². The van der Waals surface area contributed by atoms with Crippen molar-refractivity contribution >= 4 is 5.97 Å². The Kier molecular flexibility index (Phi) is 4.35. The van der Waals surface area contributed by atoms with Crippen LogP contribution in [0.5, 0.6) is 0 Å². The van der Waals surface area contributed by atoms with E-state index in [4.69, 9.17) is 15.2 Å². The lowest BCUT2D eigenvalue weighted by atomic mass is 9.82. The quantitative estimate of drug-likeness (QED) is 0.665. The fraction of sp³-hybridized carbons (Fsp3) is 0.900. The lowest BCUT2D eigenvalue weighted by Gasteiger charge is -2.35. The second-order valence-corrected chi connectivity index (χ2v) is 3.73. The largest absolute Gasteiger partial charge is 0.464 e. The average molecular weight is 201 g/mol. The summed E-state index contributed by atoms with van der Waals surface area (Å²) in [7, 11) is 0. The first-order chi connectivity index (χ1) is 6.67. The van der Waals surface area contributed by atoms with Gasteiger partial charge in [0.1, 0.15) is 0 Å². The Balaban J connectivity index is 2.15. The second-order valence-electron chi connectivity index (χ2n) is 3.73. The van der Waals surface area contributed by atoms with E-state index in [1.807, 2.05) is 0 Å². The Morgan fingerprint density at radius 2 is 2.21 bits per heavy atom. The van der Waals surface area contributed by atoms with Gasteiger partial charge < -0.3 is 15.2 Å². The van der Waals surface area contributed by atoms with Crippen LogP contribution in [0.3, 0.4) is 0 Å². The lowest BCUT2D eigenvalue weighted by Crippen LogP contribution is -2.39. The molecule has 0 heterocycles. The summed E-state index contributed by atoms with van der Waals surface area (Å²) in [6, 6.07) is 0. The third-order valence-corrected chi connectivity index (χ3v) is 2.54. The summed E-state index contributed by atoms with van der Waals surface area (Å²) >= 11 is 0. The van der Waals surface area contributed by atoms with Gasteiger partial charge in [-0.15, -0.1) is 0 Å². The van der Waals surface area contributed by atoms with Crippen molar-refractivity contribution in [2.75, 3.05) is 13.2 Å². The topological polar surface area (TPSA) is 61.5 Å². The smallest absolute Gasteiger partial charge is 0.334 e. The summed E-state index contributed by atoms with van der Waals surface area (Å²) in [6.07, 6.45) is 1.70. The minimum atomic E-state index is -0.446. The van der Waals surface area contributed by atoms with Gasteiger partial charge >= 0.3 is 5.97 Å². The summed E-state index contributed by atoms with van der Waals surface area (Å²) < 4.78 is 10.3. The number of carbonyl (C=O) groups excluding carboxylic acids is 1. The van der Waals surface area contributed by atoms with Gasteiger partial charge in [-0.2, -0.15) is 0 Å². The summed E-state index contributed by atoms with van der Waals surface area (Å²) in [5, 5.41) is 0. The Bertz CT molecular complexity index is 190. The molecule has 1 aliphatic carbocycles. The normalized spacial score (nSPS) is 27.9. The van der Waals surface area contributed by atoms with E-state index >= 15 is 0 Å². The van der Waals surface area contributed by atoms with Crippen LogP contribution < -0.4 is 5.73 Å². The van der Waals surface area contributed by atoms with Gasteiger partial charge in [0.2, 0.25) is 0 Å². The zero-order valence-electron chi connectivity index (χ0n) is 8.86. The zero-order chi connectivity index (χ0) is 10.6. The first kappa shape index (κ1) is 11.5. The van der Waals surface area contributed by atoms with E-state index in [9.17, 15) is 4.79 Å². The molecule has 1 aliphatic rings. The van der Waals surface area contributed by atoms with Crippen molar-refractivity contribution in [3.8, 4) is 0 Å². The molecular formula is C10H19NO3. The standard InChI is InChI=1S/C10H19NO3/c1-3-13-10(12)7(2)14-9-4-8(5-9)6-11/h7-9H,3-6,11H2,1-2H3. The molecule has 1 atom stereocenters. The monoisotopic (exact) mass is 201 g/mol. The minimum absolute atomic E-state index is 0.197. The van der Waals surface area contributed by atoms with Crippen molar-refractivity contribution in [1.82, 2.24) is 0 Å². The molecule has 1 fully saturated rings. The van der Waals surface area contributed by atoms with E-state index in [-0.39, 0.29) is 12.1 Å². The van der Waals surface area contributed by atoms with Gasteiger partial charge in [-0.05, 0) is 39.2 Å². The molecule has 0 saturated heterocycles. The second kappa shape index (κ2) is 5.32. The molecule has 1 unspecified atom stereocenters. The lowest BCUT2D eigenvalue weighted by molar-refractivity contribution is -0.164. The van der Waals surface area contributed by atoms with Gasteiger partial charge in [0.25, 0.3) is 0 Å². The average Bonchev–Trinajstić information content (AvgIpc) is 2.10. The summed E-state index contributed by atoms with van der Waals surface area (Å²) in [6.45, 7) is 4.64. The van der Waals surface area contributed by atoms with Crippen molar-refractivity contribution in [1.29, 1.82) is 0 Å². The van der Waals surface area contributed by atoms with Crippen LogP contribution in [0.4, 0.5) is 0 Å². The molecule has 82 valence electrons. The van der Waals surface area contributed by atoms with E-state index in [2.05, 4.69) is 0 Å². The molecule has 1 saturated carbocycles. The molecule has 2 N–H and O–H groups in total. The maximum Gasteiger partial charge on any atom is 0.334 e. The van der Waals surface area contributed by atoms with E-state index in [1.165, 1.54) is 0 Å². The van der Waals surface area contributed by atoms with Crippen LogP contribution in [-0.2, 0) is 14.3 Å². The number of hydrogen-bond donors (Lipinski definition) is 1. The molecule has 0 spiro atoms. The molecule has 0 aliphatic heterocycles. The molecule has 4 heteroatoms. The maximum absolute atomic E-state index is 11.2. The van der Waals surface area contributed by atoms with Gasteiger partial charge in [0.05, 0.1) is 12.7 Å². The van der Waals surface area contributed by atoms with Crippen LogP contribution in [0, 0.1) is 5.92 Å². The highest BCUT2D eigenvalue weighted by atomic mass is 16.6. The Morgan fingerprint density at radius 1 is 1.57 bits per heavy atom. The minimum Gasteiger partial charge on any atom is -0.464 e. The Morgan fingerprint density at radius 3 is 2.71 bits per heavy atom. The summed E-state index contributed by atoms with van der Waals surface area (Å²) in [4.78, 5) is 11.2. The van der Waals surface area contributed by atoms with E-state index in [0.717, 1.165) is 12.8 Å². The van der Waals surface area contributed by atoms with E-state index < -0.39 is 6.10 Å². The highest BCUT2D eigenvalue weighted by molar-refractivity contribution is 5.74. The van der Waals surface area contributed by atoms with Gasteiger partial charge in [0.15, 0.2) is 6.10 Å². The molecule has 0 aromatic rings. The maximum atomic E-state index is 11.2. The van der Waals surface area contributed by atoms with Crippen LogP contribution in [0.2, 0.25) is 0 Å². The third kappa shape index (κ3) is 2.96.